The number of benzene rings is 1. The summed E-state index contributed by atoms with van der Waals surface area (Å²) >= 11 is 5.27. The highest BCUT2D eigenvalue weighted by atomic mass is 79.9. The molecule has 1 aliphatic rings. The van der Waals surface area contributed by atoms with E-state index in [1.807, 2.05) is 11.8 Å². The number of amides is 1. The first kappa shape index (κ1) is 21.8. The Labute approximate surface area is 164 Å². The molecule has 136 valence electrons. The van der Waals surface area contributed by atoms with Gasteiger partial charge < -0.3 is 10.2 Å². The van der Waals surface area contributed by atoms with Crippen molar-refractivity contribution >= 4 is 46.0 Å². The van der Waals surface area contributed by atoms with Gasteiger partial charge in [0, 0.05) is 28.9 Å². The number of hydrogen-bond acceptors (Lipinski definition) is 3. The van der Waals surface area contributed by atoms with E-state index >= 15 is 0 Å². The summed E-state index contributed by atoms with van der Waals surface area (Å²) in [4.78, 5) is 15.6. The van der Waals surface area contributed by atoms with Gasteiger partial charge in [-0.1, -0.05) is 22.9 Å². The second kappa shape index (κ2) is 12.2. The molecule has 0 aliphatic carbocycles. The molecule has 1 amide bonds. The van der Waals surface area contributed by atoms with Crippen molar-refractivity contribution in [3.63, 3.8) is 0 Å². The van der Waals surface area contributed by atoms with Crippen molar-refractivity contribution in [3.8, 4) is 0 Å². The molecule has 0 unspecified atom stereocenters. The molecule has 0 spiro atoms. The van der Waals surface area contributed by atoms with Crippen molar-refractivity contribution in [1.29, 1.82) is 0 Å². The van der Waals surface area contributed by atoms with E-state index in [4.69, 9.17) is 0 Å². The van der Waals surface area contributed by atoms with Gasteiger partial charge in [-0.05, 0) is 68.3 Å². The molecule has 24 heavy (non-hydrogen) atoms. The summed E-state index contributed by atoms with van der Waals surface area (Å²) in [6.07, 6.45) is 3.93. The Morgan fingerprint density at radius 3 is 2.58 bits per heavy atom. The molecule has 1 fully saturated rings. The largest absolute Gasteiger partial charge is 0.343 e. The van der Waals surface area contributed by atoms with Gasteiger partial charge in [0.2, 0.25) is 5.91 Å². The molecule has 0 atom stereocenters. The van der Waals surface area contributed by atoms with Gasteiger partial charge in [-0.2, -0.15) is 0 Å². The maximum atomic E-state index is 12.3. The third-order valence-electron chi connectivity index (χ3n) is 4.27. The van der Waals surface area contributed by atoms with Crippen molar-refractivity contribution in [2.24, 2.45) is 5.92 Å². The molecule has 1 heterocycles. The molecule has 1 N–H and O–H groups in total. The van der Waals surface area contributed by atoms with Gasteiger partial charge in [-0.15, -0.1) is 24.2 Å². The van der Waals surface area contributed by atoms with E-state index < -0.39 is 0 Å². The number of likely N-dealkylation sites (tertiary alicyclic amines) is 1. The highest BCUT2D eigenvalue weighted by molar-refractivity contribution is 9.10. The average molecular weight is 436 g/mol. The molecule has 1 saturated heterocycles. The average Bonchev–Trinajstić information content (AvgIpc) is 2.58. The second-order valence-corrected chi connectivity index (χ2v) is 8.12. The van der Waals surface area contributed by atoms with Crippen LogP contribution in [-0.2, 0) is 4.79 Å². The lowest BCUT2D eigenvalue weighted by molar-refractivity contribution is -0.132. The zero-order valence-corrected chi connectivity index (χ0v) is 17.5. The summed E-state index contributed by atoms with van der Waals surface area (Å²) in [6.45, 7) is 6.16. The number of rotatable bonds is 8. The zero-order valence-electron chi connectivity index (χ0n) is 14.3. The lowest BCUT2D eigenvalue weighted by Gasteiger charge is -2.32. The van der Waals surface area contributed by atoms with E-state index in [9.17, 15) is 4.79 Å². The van der Waals surface area contributed by atoms with Gasteiger partial charge in [0.1, 0.15) is 0 Å². The number of hydrogen-bond donors (Lipinski definition) is 1. The van der Waals surface area contributed by atoms with Crippen molar-refractivity contribution < 1.29 is 4.79 Å². The van der Waals surface area contributed by atoms with Crippen LogP contribution in [0.25, 0.3) is 0 Å². The fourth-order valence-electron chi connectivity index (χ4n) is 2.84. The molecule has 0 bridgehead atoms. The minimum absolute atomic E-state index is 0. The summed E-state index contributed by atoms with van der Waals surface area (Å²) in [5.41, 5.74) is 0. The normalized spacial score (nSPS) is 15.2. The van der Waals surface area contributed by atoms with Gasteiger partial charge in [-0.25, -0.2) is 0 Å². The minimum atomic E-state index is 0. The lowest BCUT2D eigenvalue weighted by atomic mass is 9.96. The highest BCUT2D eigenvalue weighted by Crippen LogP contribution is 2.22. The third-order valence-corrected chi connectivity index (χ3v) is 5.89. The molecule has 0 saturated carbocycles. The molecule has 1 aromatic rings. The standard InChI is InChI=1S/C18H27BrN2OS.ClH/c1-2-20-14-15-9-11-21(12-10-15)18(22)4-3-13-23-17-7-5-16(19)6-8-17;/h5-8,15,20H,2-4,9-14H2,1H3;1H. The van der Waals surface area contributed by atoms with Crippen LogP contribution in [0, 0.1) is 5.92 Å². The summed E-state index contributed by atoms with van der Waals surface area (Å²) < 4.78 is 1.11. The number of thioether (sulfide) groups is 1. The molecule has 2 rings (SSSR count). The van der Waals surface area contributed by atoms with Crippen LogP contribution in [0.1, 0.15) is 32.6 Å². The Bertz CT molecular complexity index is 478. The molecule has 3 nitrogen and oxygen atoms in total. The van der Waals surface area contributed by atoms with E-state index in [2.05, 4.69) is 57.3 Å². The van der Waals surface area contributed by atoms with Crippen LogP contribution in [-0.4, -0.2) is 42.7 Å². The van der Waals surface area contributed by atoms with Crippen LogP contribution >= 0.6 is 40.1 Å². The van der Waals surface area contributed by atoms with Gasteiger partial charge >= 0.3 is 0 Å². The maximum Gasteiger partial charge on any atom is 0.222 e. The number of halogens is 2. The van der Waals surface area contributed by atoms with E-state index in [1.165, 1.54) is 4.90 Å². The van der Waals surface area contributed by atoms with Crippen LogP contribution in [0.3, 0.4) is 0 Å². The third kappa shape index (κ3) is 7.77. The summed E-state index contributed by atoms with van der Waals surface area (Å²) in [5, 5.41) is 3.41. The maximum absolute atomic E-state index is 12.3. The first-order valence-corrected chi connectivity index (χ1v) is 10.3. The molecule has 0 aromatic heterocycles. The number of nitrogens with zero attached hydrogens (tertiary/aromatic N) is 1. The summed E-state index contributed by atoms with van der Waals surface area (Å²) in [7, 11) is 0. The topological polar surface area (TPSA) is 32.3 Å². The lowest BCUT2D eigenvalue weighted by Crippen LogP contribution is -2.40. The van der Waals surface area contributed by atoms with Crippen molar-refractivity contribution in [2.45, 2.75) is 37.5 Å². The molecular weight excluding hydrogens is 408 g/mol. The number of nitrogens with one attached hydrogen (secondary N) is 1. The molecular formula is C18H28BrClN2OS. The Morgan fingerprint density at radius 1 is 1.29 bits per heavy atom. The van der Waals surface area contributed by atoms with E-state index in [0.717, 1.165) is 61.6 Å². The summed E-state index contributed by atoms with van der Waals surface area (Å²) in [5.74, 6) is 2.08. The van der Waals surface area contributed by atoms with Gasteiger partial charge in [0.15, 0.2) is 0 Å². The summed E-state index contributed by atoms with van der Waals surface area (Å²) in [6, 6.07) is 8.35. The van der Waals surface area contributed by atoms with E-state index in [1.54, 1.807) is 0 Å². The molecule has 1 aliphatic heterocycles. The number of carbonyl (C=O) groups excluding carboxylic acids is 1. The van der Waals surface area contributed by atoms with E-state index in [-0.39, 0.29) is 12.4 Å². The van der Waals surface area contributed by atoms with Crippen molar-refractivity contribution in [3.05, 3.63) is 28.7 Å². The van der Waals surface area contributed by atoms with Gasteiger partial charge in [0.05, 0.1) is 0 Å². The highest BCUT2D eigenvalue weighted by Gasteiger charge is 2.21. The predicted octanol–water partition coefficient (Wildman–Crippen LogP) is 4.59. The Balaban J connectivity index is 0.00000288. The number of carbonyl (C=O) groups is 1. The Morgan fingerprint density at radius 2 is 1.96 bits per heavy atom. The number of piperidine rings is 1. The van der Waals surface area contributed by atoms with Crippen LogP contribution in [0.5, 0.6) is 0 Å². The van der Waals surface area contributed by atoms with Crippen LogP contribution in [0.2, 0.25) is 0 Å². The fraction of sp³-hybridized carbons (Fsp3) is 0.611. The second-order valence-electron chi connectivity index (χ2n) is 6.04. The van der Waals surface area contributed by atoms with E-state index in [0.29, 0.717) is 12.3 Å². The van der Waals surface area contributed by atoms with Crippen LogP contribution < -0.4 is 5.32 Å². The van der Waals surface area contributed by atoms with Crippen LogP contribution in [0.4, 0.5) is 0 Å². The van der Waals surface area contributed by atoms with Gasteiger partial charge in [-0.3, -0.25) is 4.79 Å². The zero-order chi connectivity index (χ0) is 16.5. The Hall–Kier alpha value is -0.230. The monoisotopic (exact) mass is 434 g/mol. The quantitative estimate of drug-likeness (QED) is 0.479. The van der Waals surface area contributed by atoms with Gasteiger partial charge in [0.25, 0.3) is 0 Å². The predicted molar refractivity (Wildman–Crippen MR) is 109 cm³/mol. The SMILES string of the molecule is CCNCC1CCN(C(=O)CCCSc2ccc(Br)cc2)CC1.Cl. The van der Waals surface area contributed by atoms with Crippen molar-refractivity contribution in [2.75, 3.05) is 31.9 Å². The first-order chi connectivity index (χ1) is 11.2. The fourth-order valence-corrected chi connectivity index (χ4v) is 3.95. The molecule has 0 radical (unpaired) electrons. The smallest absolute Gasteiger partial charge is 0.222 e. The molecule has 1 aromatic carbocycles. The minimum Gasteiger partial charge on any atom is -0.343 e. The van der Waals surface area contributed by atoms with Crippen molar-refractivity contribution in [1.82, 2.24) is 10.2 Å². The Kier molecular flexibility index (Phi) is 11.1. The van der Waals surface area contributed by atoms with Crippen LogP contribution in [0.15, 0.2) is 33.6 Å². The molecule has 6 heteroatoms. The first-order valence-electron chi connectivity index (χ1n) is 8.56.